The minimum Gasteiger partial charge on any atom is -0.399 e. The number of nitrogens with two attached hydrogens (primary N) is 2. The van der Waals surface area contributed by atoms with Crippen LogP contribution in [0.1, 0.15) is 78.6 Å². The van der Waals surface area contributed by atoms with Crippen molar-refractivity contribution in [1.82, 2.24) is 5.01 Å². The molecule has 0 heterocycles. The number of hydrazine groups is 1. The number of carbonyl (C=O) groups is 1. The van der Waals surface area contributed by atoms with Crippen LogP contribution >= 0.6 is 0 Å². The Hall–Kier alpha value is -1.11. The van der Waals surface area contributed by atoms with E-state index in [2.05, 4.69) is 13.8 Å². The van der Waals surface area contributed by atoms with E-state index in [-0.39, 0.29) is 36.0 Å². The van der Waals surface area contributed by atoms with Crippen molar-refractivity contribution in [3.05, 3.63) is 11.9 Å². The number of rotatable bonds is 5. The number of ketones is 1. The number of hydrogen-bond acceptors (Lipinski definition) is 6. The first-order valence-corrected chi connectivity index (χ1v) is 12.3. The number of carbonyl (C=O) groups excluding carboxylic acids is 1. The molecule has 0 saturated heterocycles. The number of nitrogens with zero attached hydrogens (tertiary/aromatic N) is 1. The van der Waals surface area contributed by atoms with Gasteiger partial charge in [0.1, 0.15) is 0 Å². The van der Waals surface area contributed by atoms with Crippen molar-refractivity contribution in [2.75, 3.05) is 13.2 Å². The zero-order chi connectivity index (χ0) is 22.6. The molecular formula is C25H43N3O3. The summed E-state index contributed by atoms with van der Waals surface area (Å²) in [6, 6.07) is 0. The summed E-state index contributed by atoms with van der Waals surface area (Å²) in [5.74, 6) is 8.93. The number of Topliss-reactive ketones (excluding diaryl/α,β-unsaturated/α-hetero) is 1. The molecule has 0 unspecified atom stereocenters. The van der Waals surface area contributed by atoms with E-state index in [1.807, 2.05) is 6.92 Å². The van der Waals surface area contributed by atoms with Gasteiger partial charge in [-0.3, -0.25) is 4.79 Å². The fraction of sp³-hybridized carbons (Fsp3) is 0.880. The van der Waals surface area contributed by atoms with Crippen LogP contribution in [-0.2, 0) is 4.79 Å². The molecule has 8 atom stereocenters. The molecule has 0 aromatic rings. The molecule has 31 heavy (non-hydrogen) atoms. The fourth-order valence-electron chi connectivity index (χ4n) is 8.55. The Morgan fingerprint density at radius 1 is 1.03 bits per heavy atom. The Bertz CT molecular complexity index is 738. The molecule has 4 aliphatic carbocycles. The van der Waals surface area contributed by atoms with Crippen LogP contribution in [-0.4, -0.2) is 39.8 Å². The van der Waals surface area contributed by atoms with Gasteiger partial charge in [0.05, 0.1) is 24.4 Å². The van der Waals surface area contributed by atoms with E-state index in [0.29, 0.717) is 23.2 Å². The molecule has 4 aliphatic rings. The standard InChI is InChI=1S/C25H43N3O3/c1-23(31)10-11-24(2)16(12-23)4-5-18-19-6-7-21(25(19,3)9-8-20(18)24)22(30)14-28(27)13-17(26)15-29/h13,16,18-21,29,31H,4-12,14-15,26-27H2,1-3H3/b17-13-/t16-,18+,19+,20+,21-,23-,24+,25+/m1/s1. The quantitative estimate of drug-likeness (QED) is 0.392. The summed E-state index contributed by atoms with van der Waals surface area (Å²) in [6.07, 6.45) is 11.4. The number of hydrogen-bond donors (Lipinski definition) is 4. The van der Waals surface area contributed by atoms with Gasteiger partial charge in [-0.15, -0.1) is 0 Å². The van der Waals surface area contributed by atoms with Crippen LogP contribution in [0.5, 0.6) is 0 Å². The molecule has 4 saturated carbocycles. The molecule has 6 N–H and O–H groups in total. The summed E-state index contributed by atoms with van der Waals surface area (Å²) >= 11 is 0. The van der Waals surface area contributed by atoms with Crippen molar-refractivity contribution >= 4 is 5.78 Å². The molecule has 0 aromatic carbocycles. The molecule has 4 fully saturated rings. The number of aliphatic hydroxyl groups excluding tert-OH is 1. The lowest BCUT2D eigenvalue weighted by molar-refractivity contribution is -0.151. The maximum atomic E-state index is 13.2. The Morgan fingerprint density at radius 3 is 2.45 bits per heavy atom. The van der Waals surface area contributed by atoms with E-state index in [4.69, 9.17) is 16.7 Å². The van der Waals surface area contributed by atoms with Crippen LogP contribution in [0, 0.1) is 40.4 Å². The van der Waals surface area contributed by atoms with Crippen molar-refractivity contribution in [2.45, 2.75) is 84.2 Å². The number of fused-ring (bicyclic) bond motifs is 5. The van der Waals surface area contributed by atoms with Crippen molar-refractivity contribution in [3.63, 3.8) is 0 Å². The average molecular weight is 434 g/mol. The lowest BCUT2D eigenvalue weighted by atomic mass is 9.44. The minimum absolute atomic E-state index is 0.0610. The van der Waals surface area contributed by atoms with E-state index in [1.165, 1.54) is 30.5 Å². The Kier molecular flexibility index (Phi) is 5.98. The predicted molar refractivity (Wildman–Crippen MR) is 121 cm³/mol. The van der Waals surface area contributed by atoms with Crippen molar-refractivity contribution in [2.24, 2.45) is 52.0 Å². The van der Waals surface area contributed by atoms with Crippen molar-refractivity contribution < 1.29 is 15.0 Å². The summed E-state index contributed by atoms with van der Waals surface area (Å²) < 4.78 is 0. The van der Waals surface area contributed by atoms with Crippen LogP contribution in [0.3, 0.4) is 0 Å². The topological polar surface area (TPSA) is 113 Å². The summed E-state index contributed by atoms with van der Waals surface area (Å²) in [4.78, 5) is 13.2. The van der Waals surface area contributed by atoms with Gasteiger partial charge in [-0.25, -0.2) is 5.84 Å². The van der Waals surface area contributed by atoms with Crippen LogP contribution in [0.25, 0.3) is 0 Å². The second-order valence-corrected chi connectivity index (χ2v) is 12.0. The van der Waals surface area contributed by atoms with Crippen molar-refractivity contribution in [3.8, 4) is 0 Å². The van der Waals surface area contributed by atoms with Crippen LogP contribution in [0.15, 0.2) is 11.9 Å². The van der Waals surface area contributed by atoms with E-state index in [0.717, 1.165) is 44.4 Å². The third-order valence-electron chi connectivity index (χ3n) is 10.2. The SMILES string of the molecule is C[C@@]1(O)CC[C@@]2(C)[C@H](CC[C@@H]3[C@@H]2CC[C@]2(C)[C@@H](C(=O)CN(N)/C=C(\N)CO)CC[C@@H]32)C1. The lowest BCUT2D eigenvalue weighted by Gasteiger charge is -2.61. The third kappa shape index (κ3) is 3.93. The minimum atomic E-state index is -0.493. The summed E-state index contributed by atoms with van der Waals surface area (Å²) in [5.41, 5.74) is 5.83. The van der Waals surface area contributed by atoms with E-state index in [9.17, 15) is 9.90 Å². The monoisotopic (exact) mass is 433 g/mol. The molecule has 6 nitrogen and oxygen atoms in total. The highest BCUT2D eigenvalue weighted by atomic mass is 16.3. The Balaban J connectivity index is 1.48. The van der Waals surface area contributed by atoms with E-state index in [1.54, 1.807) is 0 Å². The second-order valence-electron chi connectivity index (χ2n) is 12.0. The zero-order valence-electron chi connectivity index (χ0n) is 19.6. The molecule has 0 radical (unpaired) electrons. The maximum absolute atomic E-state index is 13.2. The van der Waals surface area contributed by atoms with Gasteiger partial charge in [0, 0.05) is 12.1 Å². The second kappa shape index (κ2) is 8.03. The highest BCUT2D eigenvalue weighted by molar-refractivity contribution is 5.84. The molecule has 176 valence electrons. The third-order valence-corrected chi connectivity index (χ3v) is 10.2. The Morgan fingerprint density at radius 2 is 1.74 bits per heavy atom. The van der Waals surface area contributed by atoms with Gasteiger partial charge >= 0.3 is 0 Å². The highest BCUT2D eigenvalue weighted by Gasteiger charge is 2.61. The predicted octanol–water partition coefficient (Wildman–Crippen LogP) is 2.93. The largest absolute Gasteiger partial charge is 0.399 e. The van der Waals surface area contributed by atoms with Gasteiger partial charge in [-0.1, -0.05) is 13.8 Å². The molecule has 0 aromatic heterocycles. The molecule has 0 spiro atoms. The molecule has 0 aliphatic heterocycles. The molecular weight excluding hydrogens is 390 g/mol. The van der Waals surface area contributed by atoms with Crippen molar-refractivity contribution in [1.29, 1.82) is 0 Å². The summed E-state index contributed by atoms with van der Waals surface area (Å²) in [5, 5.41) is 21.1. The normalized spacial score (nSPS) is 47.3. The average Bonchev–Trinajstić information content (AvgIpc) is 3.05. The van der Waals surface area contributed by atoms with E-state index >= 15 is 0 Å². The Labute approximate surface area is 187 Å². The number of aliphatic hydroxyl groups is 2. The van der Waals surface area contributed by atoms with Gasteiger partial charge in [0.2, 0.25) is 0 Å². The van der Waals surface area contributed by atoms with Crippen LogP contribution < -0.4 is 11.6 Å². The zero-order valence-corrected chi connectivity index (χ0v) is 19.6. The van der Waals surface area contributed by atoms with Gasteiger partial charge in [0.25, 0.3) is 0 Å². The maximum Gasteiger partial charge on any atom is 0.157 e. The molecule has 6 heteroatoms. The van der Waals surface area contributed by atoms with Crippen LogP contribution in [0.4, 0.5) is 0 Å². The highest BCUT2D eigenvalue weighted by Crippen LogP contribution is 2.68. The van der Waals surface area contributed by atoms with Gasteiger partial charge in [-0.05, 0) is 99.2 Å². The summed E-state index contributed by atoms with van der Waals surface area (Å²) in [6.45, 7) is 6.78. The first-order valence-electron chi connectivity index (χ1n) is 12.3. The lowest BCUT2D eigenvalue weighted by Crippen LogP contribution is -2.56. The van der Waals surface area contributed by atoms with Gasteiger partial charge in [-0.2, -0.15) is 0 Å². The molecule has 0 amide bonds. The van der Waals surface area contributed by atoms with Crippen LogP contribution in [0.2, 0.25) is 0 Å². The van der Waals surface area contributed by atoms with E-state index < -0.39 is 5.60 Å². The smallest absolute Gasteiger partial charge is 0.157 e. The molecule has 4 rings (SSSR count). The summed E-state index contributed by atoms with van der Waals surface area (Å²) in [7, 11) is 0. The van der Waals surface area contributed by atoms with Gasteiger partial charge < -0.3 is 21.0 Å². The first-order chi connectivity index (χ1) is 14.5. The molecule has 0 bridgehead atoms. The first kappa shape index (κ1) is 23.1. The fourth-order valence-corrected chi connectivity index (χ4v) is 8.55. The van der Waals surface area contributed by atoms with Gasteiger partial charge in [0.15, 0.2) is 5.78 Å².